The average molecular weight is 317 g/mol. The minimum Gasteiger partial charge on any atom is -0.467 e. The molecule has 0 saturated heterocycles. The van der Waals surface area contributed by atoms with Crippen molar-refractivity contribution in [2.24, 2.45) is 0 Å². The predicted octanol–water partition coefficient (Wildman–Crippen LogP) is 2.37. The molecular weight excluding hydrogens is 303 g/mol. The van der Waals surface area contributed by atoms with Gasteiger partial charge in [-0.2, -0.15) is 13.2 Å². The van der Waals surface area contributed by atoms with Crippen LogP contribution in [0.4, 0.5) is 18.0 Å². The zero-order valence-corrected chi connectivity index (χ0v) is 11.9. The van der Waals surface area contributed by atoms with Crippen molar-refractivity contribution in [2.75, 3.05) is 14.2 Å². The highest BCUT2D eigenvalue weighted by atomic mass is 19.4. The Morgan fingerprint density at radius 3 is 2.41 bits per heavy atom. The van der Waals surface area contributed by atoms with E-state index in [-0.39, 0.29) is 13.0 Å². The number of halogens is 3. The van der Waals surface area contributed by atoms with Gasteiger partial charge in [0.1, 0.15) is 6.04 Å². The van der Waals surface area contributed by atoms with Crippen LogP contribution in [0.25, 0.3) is 0 Å². The van der Waals surface area contributed by atoms with E-state index in [9.17, 15) is 22.8 Å². The van der Waals surface area contributed by atoms with E-state index >= 15 is 0 Å². The minimum absolute atomic E-state index is 0.0786. The Labute approximate surface area is 124 Å². The van der Waals surface area contributed by atoms with E-state index in [2.05, 4.69) is 9.47 Å². The number of ether oxygens (including phenoxy) is 2. The van der Waals surface area contributed by atoms with Gasteiger partial charge in [-0.3, -0.25) is 4.90 Å². The van der Waals surface area contributed by atoms with Crippen LogP contribution in [0, 0.1) is 0 Å². The highest BCUT2D eigenvalue weighted by molar-refractivity contribution is 5.82. The number of methoxy groups -OCH3 is 2. The maximum absolute atomic E-state index is 12.8. The van der Waals surface area contributed by atoms with Crippen LogP contribution >= 0.6 is 0 Å². The van der Waals surface area contributed by atoms with Gasteiger partial charge in [0, 0.05) is 6.42 Å². The first-order valence-corrected chi connectivity index (χ1v) is 6.39. The van der Waals surface area contributed by atoms with E-state index in [0.717, 1.165) is 24.1 Å². The Morgan fingerprint density at radius 2 is 1.86 bits per heavy atom. The molecule has 0 fully saturated rings. The number of rotatable bonds is 1. The smallest absolute Gasteiger partial charge is 0.416 e. The fourth-order valence-corrected chi connectivity index (χ4v) is 2.42. The highest BCUT2D eigenvalue weighted by Gasteiger charge is 2.38. The molecule has 1 heterocycles. The van der Waals surface area contributed by atoms with E-state index in [1.54, 1.807) is 0 Å². The van der Waals surface area contributed by atoms with Crippen LogP contribution < -0.4 is 0 Å². The number of hydrogen-bond donors (Lipinski definition) is 0. The first-order valence-electron chi connectivity index (χ1n) is 6.39. The molecule has 8 heteroatoms. The average Bonchev–Trinajstić information content (AvgIpc) is 2.50. The van der Waals surface area contributed by atoms with Crippen LogP contribution in [0.2, 0.25) is 0 Å². The molecule has 1 aromatic carbocycles. The third-order valence-corrected chi connectivity index (χ3v) is 3.55. The Kier molecular flexibility index (Phi) is 4.30. The van der Waals surface area contributed by atoms with Gasteiger partial charge >= 0.3 is 18.2 Å². The molecule has 1 atom stereocenters. The molecule has 0 N–H and O–H groups in total. The lowest BCUT2D eigenvalue weighted by atomic mass is 9.92. The summed E-state index contributed by atoms with van der Waals surface area (Å²) in [5.41, 5.74) is 0.108. The molecule has 1 amide bonds. The second kappa shape index (κ2) is 5.86. The van der Waals surface area contributed by atoms with E-state index in [1.165, 1.54) is 13.2 Å². The summed E-state index contributed by atoms with van der Waals surface area (Å²) >= 11 is 0. The number of hydrogen-bond acceptors (Lipinski definition) is 4. The minimum atomic E-state index is -4.47. The van der Waals surface area contributed by atoms with E-state index < -0.39 is 29.8 Å². The molecule has 1 unspecified atom stereocenters. The van der Waals surface area contributed by atoms with Crippen molar-refractivity contribution in [3.05, 3.63) is 34.9 Å². The van der Waals surface area contributed by atoms with E-state index in [0.29, 0.717) is 11.1 Å². The number of carbonyl (C=O) groups is 2. The fourth-order valence-electron chi connectivity index (χ4n) is 2.42. The summed E-state index contributed by atoms with van der Waals surface area (Å²) in [6, 6.07) is 2.35. The molecule has 2 rings (SSSR count). The summed E-state index contributed by atoms with van der Waals surface area (Å²) in [5, 5.41) is 0. The van der Waals surface area contributed by atoms with E-state index in [1.807, 2.05) is 0 Å². The number of amides is 1. The Balaban J connectivity index is 2.40. The molecule has 1 aliphatic heterocycles. The van der Waals surface area contributed by atoms with Crippen LogP contribution in [0.3, 0.4) is 0 Å². The predicted molar refractivity (Wildman–Crippen MR) is 68.9 cm³/mol. The Morgan fingerprint density at radius 1 is 1.18 bits per heavy atom. The second-order valence-corrected chi connectivity index (χ2v) is 4.82. The van der Waals surface area contributed by atoms with Crippen LogP contribution in [-0.2, 0) is 33.4 Å². The molecular formula is C14H14F3NO4. The van der Waals surface area contributed by atoms with Gasteiger partial charge in [-0.1, -0.05) is 6.07 Å². The monoisotopic (exact) mass is 317 g/mol. The van der Waals surface area contributed by atoms with Gasteiger partial charge in [-0.15, -0.1) is 0 Å². The first-order chi connectivity index (χ1) is 10.3. The van der Waals surface area contributed by atoms with Gasteiger partial charge in [0.2, 0.25) is 0 Å². The van der Waals surface area contributed by atoms with Gasteiger partial charge in [-0.05, 0) is 23.3 Å². The van der Waals surface area contributed by atoms with Crippen LogP contribution in [0.15, 0.2) is 18.2 Å². The quantitative estimate of drug-likeness (QED) is 0.746. The standard InChI is InChI=1S/C14H14F3NO4/c1-21-12(19)11-6-8-3-4-10(14(15,16)17)5-9(8)7-18(11)13(20)22-2/h3-5,11H,6-7H2,1-2H3. The lowest BCUT2D eigenvalue weighted by molar-refractivity contribution is -0.147. The van der Waals surface area contributed by atoms with Crippen molar-refractivity contribution in [2.45, 2.75) is 25.2 Å². The summed E-state index contributed by atoms with van der Waals surface area (Å²) < 4.78 is 47.5. The number of carbonyl (C=O) groups excluding carboxylic acids is 2. The summed E-state index contributed by atoms with van der Waals surface area (Å²) in [5.74, 6) is -0.643. The number of benzene rings is 1. The summed E-state index contributed by atoms with van der Waals surface area (Å²) in [6.45, 7) is -0.147. The summed E-state index contributed by atoms with van der Waals surface area (Å²) in [4.78, 5) is 24.6. The Bertz CT molecular complexity index is 600. The Hall–Kier alpha value is -2.25. The van der Waals surface area contributed by atoms with Crippen LogP contribution in [0.1, 0.15) is 16.7 Å². The molecule has 0 saturated carbocycles. The van der Waals surface area contributed by atoms with Crippen LogP contribution in [0.5, 0.6) is 0 Å². The number of esters is 1. The molecule has 22 heavy (non-hydrogen) atoms. The van der Waals surface area contributed by atoms with Crippen molar-refractivity contribution in [1.82, 2.24) is 4.90 Å². The SMILES string of the molecule is COC(=O)C1Cc2ccc(C(F)(F)F)cc2CN1C(=O)OC. The van der Waals surface area contributed by atoms with E-state index in [4.69, 9.17) is 0 Å². The van der Waals surface area contributed by atoms with Gasteiger partial charge in [-0.25, -0.2) is 9.59 Å². The molecule has 120 valence electrons. The zero-order valence-electron chi connectivity index (χ0n) is 11.9. The normalized spacial score (nSPS) is 17.7. The second-order valence-electron chi connectivity index (χ2n) is 4.82. The molecule has 0 aliphatic carbocycles. The lowest BCUT2D eigenvalue weighted by Crippen LogP contribution is -2.49. The highest BCUT2D eigenvalue weighted by Crippen LogP contribution is 2.33. The maximum Gasteiger partial charge on any atom is 0.416 e. The van der Waals surface area contributed by atoms with Gasteiger partial charge in [0.15, 0.2) is 0 Å². The third kappa shape index (κ3) is 3.00. The lowest BCUT2D eigenvalue weighted by Gasteiger charge is -2.34. The fraction of sp³-hybridized carbons (Fsp3) is 0.429. The summed E-state index contributed by atoms with van der Waals surface area (Å²) in [6.07, 6.45) is -5.18. The largest absolute Gasteiger partial charge is 0.467 e. The number of alkyl halides is 3. The van der Waals surface area contributed by atoms with Crippen molar-refractivity contribution in [3.63, 3.8) is 0 Å². The topological polar surface area (TPSA) is 55.8 Å². The zero-order chi connectivity index (χ0) is 16.5. The molecule has 5 nitrogen and oxygen atoms in total. The molecule has 0 radical (unpaired) electrons. The van der Waals surface area contributed by atoms with Gasteiger partial charge < -0.3 is 9.47 Å². The summed E-state index contributed by atoms with van der Waals surface area (Å²) in [7, 11) is 2.32. The van der Waals surface area contributed by atoms with Crippen molar-refractivity contribution >= 4 is 12.1 Å². The van der Waals surface area contributed by atoms with Gasteiger partial charge in [0.25, 0.3) is 0 Å². The molecule has 0 spiro atoms. The maximum atomic E-state index is 12.8. The first kappa shape index (κ1) is 16.1. The van der Waals surface area contributed by atoms with Gasteiger partial charge in [0.05, 0.1) is 26.3 Å². The molecule has 1 aliphatic rings. The molecule has 0 aromatic heterocycles. The van der Waals surface area contributed by atoms with Crippen molar-refractivity contribution in [3.8, 4) is 0 Å². The van der Waals surface area contributed by atoms with Crippen LogP contribution in [-0.4, -0.2) is 37.2 Å². The molecule has 0 bridgehead atoms. The molecule has 1 aromatic rings. The van der Waals surface area contributed by atoms with Crippen molar-refractivity contribution < 1.29 is 32.2 Å². The number of nitrogens with zero attached hydrogens (tertiary/aromatic N) is 1. The number of fused-ring (bicyclic) bond motifs is 1. The van der Waals surface area contributed by atoms with Crippen molar-refractivity contribution in [1.29, 1.82) is 0 Å². The third-order valence-electron chi connectivity index (χ3n) is 3.55.